The number of thioether (sulfide) groups is 1. The van der Waals surface area contributed by atoms with Gasteiger partial charge in [0.1, 0.15) is 16.1 Å². The fourth-order valence-electron chi connectivity index (χ4n) is 7.69. The number of anilines is 1. The van der Waals surface area contributed by atoms with Crippen LogP contribution in [0.4, 0.5) is 5.00 Å². The molecule has 4 aromatic rings. The summed E-state index contributed by atoms with van der Waals surface area (Å²) in [5.41, 5.74) is 10.2. The highest BCUT2D eigenvalue weighted by Gasteiger charge is 2.49. The number of likely N-dealkylation sites (N-methyl/N-ethyl adjacent to an activating group) is 1. The molecule has 0 saturated carbocycles. The van der Waals surface area contributed by atoms with E-state index in [-0.39, 0.29) is 23.6 Å². The molecule has 7 rings (SSSR count). The molecule has 5 heterocycles. The number of thiophene rings is 1. The van der Waals surface area contributed by atoms with E-state index in [9.17, 15) is 5.26 Å². The lowest BCUT2D eigenvalue weighted by atomic mass is 9.63. The van der Waals surface area contributed by atoms with E-state index < -0.39 is 0 Å². The fourth-order valence-corrected chi connectivity index (χ4v) is 9.39. The highest BCUT2D eigenvalue weighted by atomic mass is 32.2. The first kappa shape index (κ1) is 26.9. The summed E-state index contributed by atoms with van der Waals surface area (Å²) in [6.07, 6.45) is 10.7. The number of likely N-dealkylation sites (tertiary alicyclic amines) is 1. The number of methoxy groups -OCH3 is 1. The molecule has 0 aromatic carbocycles. The van der Waals surface area contributed by atoms with Gasteiger partial charge in [-0.05, 0) is 70.7 Å². The van der Waals surface area contributed by atoms with Gasteiger partial charge < -0.3 is 15.0 Å². The number of rotatable bonds is 5. The lowest BCUT2D eigenvalue weighted by molar-refractivity contribution is 0.0503. The number of ether oxygens (including phenoxy) is 1. The topological polar surface area (TPSA) is 132 Å². The van der Waals surface area contributed by atoms with Crippen molar-refractivity contribution < 1.29 is 9.26 Å². The summed E-state index contributed by atoms with van der Waals surface area (Å²) in [6, 6.07) is 2.63. The van der Waals surface area contributed by atoms with Crippen molar-refractivity contribution in [2.75, 3.05) is 32.7 Å². The predicted octanol–water partition coefficient (Wildman–Crippen LogP) is 4.96. The quantitative estimate of drug-likeness (QED) is 0.251. The van der Waals surface area contributed by atoms with Crippen LogP contribution in [0.3, 0.4) is 0 Å². The molecule has 41 heavy (non-hydrogen) atoms. The zero-order valence-corrected chi connectivity index (χ0v) is 25.4. The number of nitrogens with two attached hydrogens (primary N) is 1. The van der Waals surface area contributed by atoms with Crippen LogP contribution in [0.2, 0.25) is 0 Å². The molecule has 1 aliphatic heterocycles. The van der Waals surface area contributed by atoms with E-state index >= 15 is 0 Å². The van der Waals surface area contributed by atoms with Crippen molar-refractivity contribution in [3.05, 3.63) is 33.5 Å². The van der Waals surface area contributed by atoms with E-state index in [0.717, 1.165) is 84.4 Å². The van der Waals surface area contributed by atoms with Crippen LogP contribution in [0.15, 0.2) is 15.7 Å². The molecular formula is C29H34N8O2S2. The van der Waals surface area contributed by atoms with Crippen molar-refractivity contribution in [3.63, 3.8) is 0 Å². The molecule has 1 fully saturated rings. The van der Waals surface area contributed by atoms with E-state index in [1.54, 1.807) is 30.2 Å². The molecule has 4 aromatic heterocycles. The number of aromatic nitrogens is 5. The first-order valence-corrected chi connectivity index (χ1v) is 16.3. The fraction of sp³-hybridized carbons (Fsp3) is 0.552. The third-order valence-corrected chi connectivity index (χ3v) is 11.3. The van der Waals surface area contributed by atoms with Crippen molar-refractivity contribution in [1.29, 1.82) is 5.26 Å². The van der Waals surface area contributed by atoms with Gasteiger partial charge in [0.15, 0.2) is 22.9 Å². The maximum Gasteiger partial charge on any atom is 0.185 e. The van der Waals surface area contributed by atoms with Gasteiger partial charge in [-0.15, -0.1) is 23.1 Å². The highest BCUT2D eigenvalue weighted by molar-refractivity contribution is 7.98. The molecule has 12 heteroatoms. The van der Waals surface area contributed by atoms with Gasteiger partial charge in [-0.1, -0.05) is 5.16 Å². The predicted molar refractivity (Wildman–Crippen MR) is 159 cm³/mol. The first-order valence-electron chi connectivity index (χ1n) is 14.2. The van der Waals surface area contributed by atoms with Gasteiger partial charge in [0, 0.05) is 24.1 Å². The summed E-state index contributed by atoms with van der Waals surface area (Å²) in [4.78, 5) is 13.6. The molecule has 0 bridgehead atoms. The van der Waals surface area contributed by atoms with E-state index in [4.69, 9.17) is 30.1 Å². The number of nitrogens with zero attached hydrogens (tertiary/aromatic N) is 7. The molecule has 1 spiro atoms. The average molecular weight is 591 g/mol. The third-order valence-electron chi connectivity index (χ3n) is 9.52. The summed E-state index contributed by atoms with van der Waals surface area (Å²) < 4.78 is 14.1. The SMILES string of the molecule is CO[C@H]1CCN(C)[C@@H]1[C@H](C)n1ncc2c(SC)nc(-c3noc4c3CCC[C@@]43CCCc4sc(N)c(C#N)c43)nc21. The minimum absolute atomic E-state index is 0.0472. The number of hydrogen-bond acceptors (Lipinski definition) is 11. The Morgan fingerprint density at radius 3 is 2.85 bits per heavy atom. The maximum absolute atomic E-state index is 10.0. The molecule has 214 valence electrons. The maximum atomic E-state index is 10.0. The van der Waals surface area contributed by atoms with Crippen LogP contribution in [-0.2, 0) is 23.0 Å². The number of hydrogen-bond donors (Lipinski definition) is 1. The van der Waals surface area contributed by atoms with Gasteiger partial charge in [-0.2, -0.15) is 10.4 Å². The van der Waals surface area contributed by atoms with Gasteiger partial charge in [-0.25, -0.2) is 14.6 Å². The van der Waals surface area contributed by atoms with Gasteiger partial charge in [0.25, 0.3) is 0 Å². The minimum Gasteiger partial charge on any atom is -0.389 e. The van der Waals surface area contributed by atoms with Crippen LogP contribution in [0.5, 0.6) is 0 Å². The van der Waals surface area contributed by atoms with Gasteiger partial charge in [-0.3, -0.25) is 4.90 Å². The van der Waals surface area contributed by atoms with Crippen LogP contribution in [0.25, 0.3) is 22.6 Å². The van der Waals surface area contributed by atoms with Gasteiger partial charge in [0.2, 0.25) is 0 Å². The summed E-state index contributed by atoms with van der Waals surface area (Å²) in [5, 5.41) is 21.9. The van der Waals surface area contributed by atoms with Crippen LogP contribution < -0.4 is 5.73 Å². The molecular weight excluding hydrogens is 557 g/mol. The van der Waals surface area contributed by atoms with Gasteiger partial charge in [0.05, 0.1) is 40.7 Å². The molecule has 0 amide bonds. The van der Waals surface area contributed by atoms with Crippen molar-refractivity contribution >= 4 is 39.1 Å². The monoisotopic (exact) mass is 590 g/mol. The Morgan fingerprint density at radius 1 is 1.29 bits per heavy atom. The lowest BCUT2D eigenvalue weighted by Crippen LogP contribution is -2.40. The normalized spacial score (nSPS) is 25.0. The summed E-state index contributed by atoms with van der Waals surface area (Å²) in [6.45, 7) is 3.17. The van der Waals surface area contributed by atoms with Gasteiger partial charge >= 0.3 is 0 Å². The summed E-state index contributed by atoms with van der Waals surface area (Å²) >= 11 is 3.14. The zero-order chi connectivity index (χ0) is 28.5. The molecule has 0 unspecified atom stereocenters. The van der Waals surface area contributed by atoms with Crippen LogP contribution in [-0.4, -0.2) is 68.9 Å². The Bertz CT molecular complexity index is 1680. The van der Waals surface area contributed by atoms with Crippen LogP contribution in [0.1, 0.15) is 72.4 Å². The molecule has 1 saturated heterocycles. The standard InChI is InChI=1S/C29H34N8O2S2/c1-15(23-19(38-3)9-12-36(23)2)37-27-18(14-32-37)28(40-4)34-26(33-27)22-16-7-5-10-29(24(16)39-35-22)11-6-8-20-21(29)17(13-30)25(31)41-20/h14-15,19,23H,5-12,31H2,1-4H3/t15-,19-,23+,29-/m0/s1. The number of fused-ring (bicyclic) bond motifs is 5. The summed E-state index contributed by atoms with van der Waals surface area (Å²) in [5.74, 6) is 1.42. The van der Waals surface area contributed by atoms with Crippen molar-refractivity contribution in [1.82, 2.24) is 29.8 Å². The molecule has 0 radical (unpaired) electrons. The van der Waals surface area contributed by atoms with E-state index in [0.29, 0.717) is 22.1 Å². The molecule has 3 aliphatic rings. The van der Waals surface area contributed by atoms with Crippen molar-refractivity contribution in [2.45, 2.75) is 80.5 Å². The van der Waals surface area contributed by atoms with E-state index in [1.807, 2.05) is 17.1 Å². The second-order valence-corrected chi connectivity index (χ2v) is 13.5. The Hall–Kier alpha value is -2.98. The lowest BCUT2D eigenvalue weighted by Gasteiger charge is -2.39. The smallest absolute Gasteiger partial charge is 0.185 e. The third kappa shape index (κ3) is 3.89. The number of nitrogen functional groups attached to an aromatic ring is 1. The van der Waals surface area contributed by atoms with Crippen LogP contribution >= 0.6 is 23.1 Å². The molecule has 2 aliphatic carbocycles. The highest BCUT2D eigenvalue weighted by Crippen LogP contribution is 2.55. The number of aryl methyl sites for hydroxylation is 1. The Kier molecular flexibility index (Phi) is 6.61. The van der Waals surface area contributed by atoms with Crippen molar-refractivity contribution in [3.8, 4) is 17.6 Å². The second-order valence-electron chi connectivity index (χ2n) is 11.5. The minimum atomic E-state index is -0.378. The van der Waals surface area contributed by atoms with E-state index in [1.165, 1.54) is 4.88 Å². The molecule has 10 nitrogen and oxygen atoms in total. The Labute approximate surface area is 247 Å². The molecule has 4 atom stereocenters. The summed E-state index contributed by atoms with van der Waals surface area (Å²) in [7, 11) is 3.93. The Balaban J connectivity index is 1.36. The second kappa shape index (κ2) is 10.1. The number of nitriles is 1. The Morgan fingerprint density at radius 2 is 2.10 bits per heavy atom. The first-order chi connectivity index (χ1) is 19.9. The zero-order valence-electron chi connectivity index (χ0n) is 23.8. The van der Waals surface area contributed by atoms with Crippen LogP contribution in [0, 0.1) is 11.3 Å². The van der Waals surface area contributed by atoms with Crippen molar-refractivity contribution in [2.24, 2.45) is 0 Å². The largest absolute Gasteiger partial charge is 0.389 e. The molecule has 2 N–H and O–H groups in total. The average Bonchev–Trinajstić information content (AvgIpc) is 3.76. The van der Waals surface area contributed by atoms with E-state index in [2.05, 4.69) is 30.1 Å².